The fourth-order valence-corrected chi connectivity index (χ4v) is 5.22. The second-order valence-corrected chi connectivity index (χ2v) is 9.20. The number of aromatic nitrogens is 4. The maximum absolute atomic E-state index is 13.6. The highest BCUT2D eigenvalue weighted by molar-refractivity contribution is 5.96. The van der Waals surface area contributed by atoms with Gasteiger partial charge < -0.3 is 15.0 Å². The van der Waals surface area contributed by atoms with Crippen LogP contribution in [0.2, 0.25) is 0 Å². The van der Waals surface area contributed by atoms with Gasteiger partial charge in [-0.25, -0.2) is 0 Å². The minimum atomic E-state index is -0.225. The number of fused-ring (bicyclic) bond motifs is 2. The van der Waals surface area contributed by atoms with Crippen LogP contribution in [0.4, 0.5) is 0 Å². The van der Waals surface area contributed by atoms with E-state index in [0.717, 1.165) is 59.5 Å². The summed E-state index contributed by atoms with van der Waals surface area (Å²) in [5, 5.41) is 12.2. The molecule has 2 aliphatic rings. The lowest BCUT2D eigenvalue weighted by Crippen LogP contribution is -2.38. The fraction of sp³-hybridized carbons (Fsp3) is 0.462. The van der Waals surface area contributed by atoms with Gasteiger partial charge >= 0.3 is 0 Å². The largest absolute Gasteiger partial charge is 0.497 e. The molecule has 5 rings (SSSR count). The number of benzene rings is 1. The van der Waals surface area contributed by atoms with Crippen molar-refractivity contribution in [2.45, 2.75) is 58.7 Å². The molecule has 1 aliphatic heterocycles. The Balaban J connectivity index is 1.36. The zero-order chi connectivity index (χ0) is 24.5. The van der Waals surface area contributed by atoms with E-state index in [4.69, 9.17) is 4.74 Å². The zero-order valence-corrected chi connectivity index (χ0v) is 20.6. The number of carbonyl (C=O) groups is 2. The van der Waals surface area contributed by atoms with Crippen LogP contribution >= 0.6 is 0 Å². The molecule has 9 heteroatoms. The molecule has 2 aromatic heterocycles. The third-order valence-corrected chi connectivity index (χ3v) is 7.07. The zero-order valence-electron chi connectivity index (χ0n) is 20.6. The monoisotopic (exact) mass is 476 g/mol. The molecule has 0 saturated heterocycles. The van der Waals surface area contributed by atoms with Gasteiger partial charge in [-0.15, -0.1) is 0 Å². The quantitative estimate of drug-likeness (QED) is 0.590. The predicted molar refractivity (Wildman–Crippen MR) is 130 cm³/mol. The highest BCUT2D eigenvalue weighted by Crippen LogP contribution is 2.28. The molecule has 2 amide bonds. The highest BCUT2D eigenvalue weighted by Gasteiger charge is 2.33. The Labute approximate surface area is 205 Å². The number of nitrogens with one attached hydrogen (secondary N) is 1. The van der Waals surface area contributed by atoms with Gasteiger partial charge in [0.1, 0.15) is 11.4 Å². The van der Waals surface area contributed by atoms with E-state index in [1.54, 1.807) is 11.8 Å². The summed E-state index contributed by atoms with van der Waals surface area (Å²) in [4.78, 5) is 28.6. The van der Waals surface area contributed by atoms with Gasteiger partial charge in [0.15, 0.2) is 5.69 Å². The van der Waals surface area contributed by atoms with Gasteiger partial charge in [0, 0.05) is 49.9 Å². The molecule has 0 unspecified atom stereocenters. The Morgan fingerprint density at radius 2 is 1.83 bits per heavy atom. The Hall–Kier alpha value is -3.62. The standard InChI is InChI=1S/C26H32N6O3/c1-4-32-22-13-14-31(26(34)24-19-7-5-6-8-21(19)28-30(24)2)16-20(22)23(29-32)25(33)27-15-17-9-11-18(35-3)12-10-17/h9-12H,4-8,13-16H2,1-3H3,(H,27,33). The molecule has 1 N–H and O–H groups in total. The number of methoxy groups -OCH3 is 1. The fourth-order valence-electron chi connectivity index (χ4n) is 5.22. The Morgan fingerprint density at radius 1 is 1.06 bits per heavy atom. The van der Waals surface area contributed by atoms with Gasteiger partial charge in [-0.3, -0.25) is 19.0 Å². The molecule has 0 saturated carbocycles. The van der Waals surface area contributed by atoms with E-state index in [1.165, 1.54) is 0 Å². The van der Waals surface area contributed by atoms with Crippen molar-refractivity contribution in [1.82, 2.24) is 29.8 Å². The summed E-state index contributed by atoms with van der Waals surface area (Å²) in [5.41, 5.74) is 6.10. The molecule has 3 aromatic rings. The highest BCUT2D eigenvalue weighted by atomic mass is 16.5. The molecular formula is C26H32N6O3. The number of hydrogen-bond acceptors (Lipinski definition) is 5. The van der Waals surface area contributed by atoms with E-state index in [1.807, 2.05) is 47.8 Å². The van der Waals surface area contributed by atoms with Crippen LogP contribution in [0.1, 0.15) is 68.8 Å². The number of carbonyl (C=O) groups excluding carboxylic acids is 2. The average molecular weight is 477 g/mol. The van der Waals surface area contributed by atoms with Crippen molar-refractivity contribution in [3.63, 3.8) is 0 Å². The van der Waals surface area contributed by atoms with E-state index >= 15 is 0 Å². The molecule has 1 aromatic carbocycles. The number of ether oxygens (including phenoxy) is 1. The summed E-state index contributed by atoms with van der Waals surface area (Å²) >= 11 is 0. The van der Waals surface area contributed by atoms with Crippen LogP contribution in [0.5, 0.6) is 5.75 Å². The summed E-state index contributed by atoms with van der Waals surface area (Å²) in [5.74, 6) is 0.536. The van der Waals surface area contributed by atoms with Crippen molar-refractivity contribution in [2.75, 3.05) is 13.7 Å². The molecular weight excluding hydrogens is 444 g/mol. The first-order valence-electron chi connectivity index (χ1n) is 12.3. The first-order chi connectivity index (χ1) is 17.0. The molecule has 0 bridgehead atoms. The molecule has 0 spiro atoms. The molecule has 1 aliphatic carbocycles. The van der Waals surface area contributed by atoms with Crippen LogP contribution in [0.25, 0.3) is 0 Å². The minimum absolute atomic E-state index is 0.0114. The summed E-state index contributed by atoms with van der Waals surface area (Å²) < 4.78 is 8.83. The van der Waals surface area contributed by atoms with Crippen molar-refractivity contribution in [3.05, 3.63) is 63.7 Å². The normalized spacial score (nSPS) is 14.9. The van der Waals surface area contributed by atoms with E-state index in [-0.39, 0.29) is 11.8 Å². The summed E-state index contributed by atoms with van der Waals surface area (Å²) in [7, 11) is 3.48. The molecule has 3 heterocycles. The van der Waals surface area contributed by atoms with Gasteiger partial charge in [-0.2, -0.15) is 10.2 Å². The van der Waals surface area contributed by atoms with Gasteiger partial charge in [-0.05, 0) is 50.3 Å². The molecule has 0 fully saturated rings. The summed E-state index contributed by atoms with van der Waals surface area (Å²) in [6.07, 6.45) is 4.72. The molecule has 35 heavy (non-hydrogen) atoms. The summed E-state index contributed by atoms with van der Waals surface area (Å²) in [6.45, 7) is 4.06. The van der Waals surface area contributed by atoms with Gasteiger partial charge in [0.2, 0.25) is 0 Å². The lowest BCUT2D eigenvalue weighted by molar-refractivity contribution is 0.0718. The van der Waals surface area contributed by atoms with Gasteiger partial charge in [0.05, 0.1) is 19.3 Å². The number of rotatable bonds is 6. The molecule has 0 radical (unpaired) electrons. The SMILES string of the molecule is CCn1nc(C(=O)NCc2ccc(OC)cc2)c2c1CCN(C(=O)c1c3c(nn1C)CCCC3)C2. The second-order valence-electron chi connectivity index (χ2n) is 9.20. The smallest absolute Gasteiger partial charge is 0.272 e. The van der Waals surface area contributed by atoms with Crippen molar-refractivity contribution < 1.29 is 14.3 Å². The third kappa shape index (κ3) is 4.31. The first-order valence-corrected chi connectivity index (χ1v) is 12.3. The Kier molecular flexibility index (Phi) is 6.32. The number of amides is 2. The van der Waals surface area contributed by atoms with E-state index in [9.17, 15) is 9.59 Å². The molecule has 9 nitrogen and oxygen atoms in total. The first kappa shape index (κ1) is 23.1. The Morgan fingerprint density at radius 3 is 2.57 bits per heavy atom. The number of nitrogens with zero attached hydrogens (tertiary/aromatic N) is 5. The lowest BCUT2D eigenvalue weighted by Gasteiger charge is -2.28. The van der Waals surface area contributed by atoms with Crippen molar-refractivity contribution in [3.8, 4) is 5.75 Å². The molecule has 184 valence electrons. The van der Waals surface area contributed by atoms with Crippen LogP contribution in [0, 0.1) is 0 Å². The van der Waals surface area contributed by atoms with Gasteiger partial charge in [-0.1, -0.05) is 12.1 Å². The maximum atomic E-state index is 13.6. The predicted octanol–water partition coefficient (Wildman–Crippen LogP) is 2.65. The van der Waals surface area contributed by atoms with Crippen LogP contribution in [-0.2, 0) is 45.9 Å². The van der Waals surface area contributed by atoms with Crippen LogP contribution in [-0.4, -0.2) is 49.9 Å². The number of aryl methyl sites for hydroxylation is 3. The maximum Gasteiger partial charge on any atom is 0.272 e. The third-order valence-electron chi connectivity index (χ3n) is 7.07. The van der Waals surface area contributed by atoms with E-state index in [2.05, 4.69) is 15.5 Å². The van der Waals surface area contributed by atoms with Crippen LogP contribution < -0.4 is 10.1 Å². The van der Waals surface area contributed by atoms with Crippen molar-refractivity contribution >= 4 is 11.8 Å². The lowest BCUT2D eigenvalue weighted by atomic mass is 9.95. The summed E-state index contributed by atoms with van der Waals surface area (Å²) in [6, 6.07) is 7.59. The van der Waals surface area contributed by atoms with E-state index < -0.39 is 0 Å². The minimum Gasteiger partial charge on any atom is -0.497 e. The Bertz CT molecular complexity index is 1260. The van der Waals surface area contributed by atoms with Crippen LogP contribution in [0.3, 0.4) is 0 Å². The van der Waals surface area contributed by atoms with E-state index in [0.29, 0.717) is 44.0 Å². The van der Waals surface area contributed by atoms with Gasteiger partial charge in [0.25, 0.3) is 11.8 Å². The van der Waals surface area contributed by atoms with Crippen molar-refractivity contribution in [2.24, 2.45) is 7.05 Å². The molecule has 0 atom stereocenters. The topological polar surface area (TPSA) is 94.3 Å². The van der Waals surface area contributed by atoms with Crippen LogP contribution in [0.15, 0.2) is 24.3 Å². The number of hydrogen-bond donors (Lipinski definition) is 1. The second kappa shape index (κ2) is 9.56. The average Bonchev–Trinajstić information content (AvgIpc) is 3.43. The van der Waals surface area contributed by atoms with Crippen molar-refractivity contribution in [1.29, 1.82) is 0 Å².